The highest BCUT2D eigenvalue weighted by molar-refractivity contribution is 5.49. The zero-order valence-electron chi connectivity index (χ0n) is 15.2. The maximum Gasteiger partial charge on any atom is 0.127 e. The number of piperidine rings is 1. The minimum atomic E-state index is 0.260. The predicted molar refractivity (Wildman–Crippen MR) is 97.9 cm³/mol. The molecule has 0 bridgehead atoms. The Bertz CT molecular complexity index is 592. The van der Waals surface area contributed by atoms with Gasteiger partial charge in [0, 0.05) is 36.7 Å². The Kier molecular flexibility index (Phi) is 5.47. The molecule has 1 unspecified atom stereocenters. The van der Waals surface area contributed by atoms with Crippen LogP contribution in [0.1, 0.15) is 37.8 Å². The van der Waals surface area contributed by atoms with Crippen molar-refractivity contribution in [2.24, 2.45) is 0 Å². The van der Waals surface area contributed by atoms with E-state index in [1.807, 2.05) is 0 Å². The highest BCUT2D eigenvalue weighted by atomic mass is 16.5. The molecule has 1 N–H and O–H groups in total. The summed E-state index contributed by atoms with van der Waals surface area (Å²) in [6.45, 7) is 12.4. The van der Waals surface area contributed by atoms with Crippen LogP contribution in [0.4, 0.5) is 0 Å². The number of likely N-dealkylation sites (tertiary alicyclic amines) is 1. The van der Waals surface area contributed by atoms with Crippen LogP contribution < -0.4 is 14.8 Å². The third-order valence-electron chi connectivity index (χ3n) is 4.94. The molecule has 0 amide bonds. The summed E-state index contributed by atoms with van der Waals surface area (Å²) in [5.74, 6) is 2.00. The largest absolute Gasteiger partial charge is 0.497 e. The van der Waals surface area contributed by atoms with Crippen molar-refractivity contribution in [2.45, 2.75) is 51.8 Å². The van der Waals surface area contributed by atoms with Crippen LogP contribution in [0.3, 0.4) is 0 Å². The predicted octanol–water partition coefficient (Wildman–Crippen LogP) is 3.15. The monoisotopic (exact) mass is 330 g/mol. The Morgan fingerprint density at radius 1 is 1.38 bits per heavy atom. The fourth-order valence-corrected chi connectivity index (χ4v) is 3.76. The van der Waals surface area contributed by atoms with Gasteiger partial charge in [-0.15, -0.1) is 0 Å². The minimum Gasteiger partial charge on any atom is -0.497 e. The van der Waals surface area contributed by atoms with Crippen LogP contribution in [0.15, 0.2) is 24.3 Å². The quantitative estimate of drug-likeness (QED) is 0.813. The summed E-state index contributed by atoms with van der Waals surface area (Å²) in [4.78, 5) is 2.49. The normalized spacial score (nSPS) is 21.4. The molecule has 0 aliphatic carbocycles. The molecule has 0 aromatic heterocycles. The van der Waals surface area contributed by atoms with Crippen LogP contribution in [0, 0.1) is 0 Å². The number of ether oxygens (including phenoxy) is 2. The van der Waals surface area contributed by atoms with Crippen molar-refractivity contribution in [1.29, 1.82) is 0 Å². The summed E-state index contributed by atoms with van der Waals surface area (Å²) in [5.41, 5.74) is 3.74. The molecule has 0 radical (unpaired) electrons. The first-order valence-corrected chi connectivity index (χ1v) is 9.01. The second kappa shape index (κ2) is 7.58. The van der Waals surface area contributed by atoms with Gasteiger partial charge in [-0.3, -0.25) is 4.90 Å². The zero-order valence-corrected chi connectivity index (χ0v) is 15.2. The summed E-state index contributed by atoms with van der Waals surface area (Å²) in [6.07, 6.45) is 3.61. The van der Waals surface area contributed by atoms with Gasteiger partial charge in [0.15, 0.2) is 0 Å². The van der Waals surface area contributed by atoms with Crippen LogP contribution in [0.2, 0.25) is 0 Å². The molecule has 2 heterocycles. The van der Waals surface area contributed by atoms with Crippen molar-refractivity contribution >= 4 is 0 Å². The first-order chi connectivity index (χ1) is 11.5. The van der Waals surface area contributed by atoms with Crippen LogP contribution in [0.25, 0.3) is 0 Å². The van der Waals surface area contributed by atoms with Crippen molar-refractivity contribution in [3.05, 3.63) is 35.4 Å². The molecular weight excluding hydrogens is 300 g/mol. The van der Waals surface area contributed by atoms with Gasteiger partial charge in [0.05, 0.1) is 7.11 Å². The van der Waals surface area contributed by atoms with E-state index in [-0.39, 0.29) is 6.10 Å². The summed E-state index contributed by atoms with van der Waals surface area (Å²) in [6, 6.07) is 4.80. The van der Waals surface area contributed by atoms with Crippen molar-refractivity contribution in [1.82, 2.24) is 10.2 Å². The molecule has 1 atom stereocenters. The molecule has 4 nitrogen and oxygen atoms in total. The molecule has 1 saturated heterocycles. The topological polar surface area (TPSA) is 33.7 Å². The maximum atomic E-state index is 6.02. The highest BCUT2D eigenvalue weighted by Crippen LogP contribution is 2.36. The molecule has 1 aromatic carbocycles. The smallest absolute Gasteiger partial charge is 0.127 e. The van der Waals surface area contributed by atoms with Gasteiger partial charge < -0.3 is 14.8 Å². The minimum absolute atomic E-state index is 0.260. The lowest BCUT2D eigenvalue weighted by Gasteiger charge is -2.32. The van der Waals surface area contributed by atoms with Gasteiger partial charge in [-0.2, -0.15) is 0 Å². The van der Waals surface area contributed by atoms with Gasteiger partial charge in [-0.05, 0) is 51.9 Å². The van der Waals surface area contributed by atoms with Crippen molar-refractivity contribution in [2.75, 3.05) is 26.7 Å². The average molecular weight is 330 g/mol. The molecule has 2 aliphatic heterocycles. The zero-order chi connectivity index (χ0) is 17.1. The van der Waals surface area contributed by atoms with Crippen molar-refractivity contribution < 1.29 is 9.47 Å². The lowest BCUT2D eigenvalue weighted by atomic mass is 10.0. The van der Waals surface area contributed by atoms with Gasteiger partial charge in [0.1, 0.15) is 17.6 Å². The van der Waals surface area contributed by atoms with Crippen LogP contribution in [-0.2, 0) is 13.0 Å². The van der Waals surface area contributed by atoms with Crippen LogP contribution in [0.5, 0.6) is 11.5 Å². The summed E-state index contributed by atoms with van der Waals surface area (Å²) in [7, 11) is 1.73. The molecule has 24 heavy (non-hydrogen) atoms. The van der Waals surface area contributed by atoms with Gasteiger partial charge in [0.25, 0.3) is 0 Å². The van der Waals surface area contributed by atoms with Gasteiger partial charge in [-0.1, -0.05) is 12.2 Å². The maximum absolute atomic E-state index is 6.02. The molecule has 3 rings (SSSR count). The second-order valence-electron chi connectivity index (χ2n) is 7.30. The number of hydrogen-bond acceptors (Lipinski definition) is 4. The Morgan fingerprint density at radius 3 is 2.79 bits per heavy atom. The SMILES string of the molecule is C=C(C)CN1CCC(NCc2cc(OC)cc3c2OC(C)C3)CC1. The average Bonchev–Trinajstić information content (AvgIpc) is 2.93. The molecular formula is C20H30N2O2. The third-order valence-corrected chi connectivity index (χ3v) is 4.94. The number of nitrogens with zero attached hydrogens (tertiary/aromatic N) is 1. The molecule has 0 spiro atoms. The Hall–Kier alpha value is -1.52. The number of nitrogens with one attached hydrogen (secondary N) is 1. The van der Waals surface area contributed by atoms with E-state index < -0.39 is 0 Å². The van der Waals surface area contributed by atoms with Crippen LogP contribution in [-0.4, -0.2) is 43.8 Å². The van der Waals surface area contributed by atoms with E-state index in [4.69, 9.17) is 9.47 Å². The Labute approximate surface area is 145 Å². The third kappa shape index (κ3) is 4.11. The number of methoxy groups -OCH3 is 1. The number of hydrogen-bond donors (Lipinski definition) is 1. The van der Waals surface area contributed by atoms with Gasteiger partial charge in [0.2, 0.25) is 0 Å². The van der Waals surface area contributed by atoms with E-state index in [9.17, 15) is 0 Å². The van der Waals surface area contributed by atoms with Gasteiger partial charge >= 0.3 is 0 Å². The fourth-order valence-electron chi connectivity index (χ4n) is 3.76. The Balaban J connectivity index is 1.58. The molecule has 132 valence electrons. The number of benzene rings is 1. The van der Waals surface area contributed by atoms with Crippen molar-refractivity contribution in [3.63, 3.8) is 0 Å². The summed E-state index contributed by atoms with van der Waals surface area (Å²) < 4.78 is 11.5. The van der Waals surface area contributed by atoms with E-state index in [2.05, 4.69) is 42.8 Å². The van der Waals surface area contributed by atoms with Crippen molar-refractivity contribution in [3.8, 4) is 11.5 Å². The fraction of sp³-hybridized carbons (Fsp3) is 0.600. The van der Waals surface area contributed by atoms with E-state index in [1.165, 1.54) is 29.5 Å². The standard InChI is InChI=1S/C20H30N2O2/c1-14(2)13-22-7-5-18(6-8-22)21-12-17-11-19(23-4)10-16-9-15(3)24-20(16)17/h10-11,15,18,21H,1,5-9,12-13H2,2-4H3. The molecule has 1 fully saturated rings. The molecule has 4 heteroatoms. The van der Waals surface area contributed by atoms with E-state index in [1.54, 1.807) is 7.11 Å². The molecule has 0 saturated carbocycles. The first kappa shape index (κ1) is 17.3. The first-order valence-electron chi connectivity index (χ1n) is 9.01. The molecule has 1 aromatic rings. The van der Waals surface area contributed by atoms with E-state index >= 15 is 0 Å². The lowest BCUT2D eigenvalue weighted by molar-refractivity contribution is 0.210. The van der Waals surface area contributed by atoms with E-state index in [0.29, 0.717) is 6.04 Å². The number of rotatable bonds is 6. The van der Waals surface area contributed by atoms with E-state index in [0.717, 1.165) is 44.1 Å². The number of fused-ring (bicyclic) bond motifs is 1. The summed E-state index contributed by atoms with van der Waals surface area (Å²) >= 11 is 0. The lowest BCUT2D eigenvalue weighted by Crippen LogP contribution is -2.42. The summed E-state index contributed by atoms with van der Waals surface area (Å²) in [5, 5.41) is 3.72. The van der Waals surface area contributed by atoms with Crippen LogP contribution >= 0.6 is 0 Å². The van der Waals surface area contributed by atoms with Gasteiger partial charge in [-0.25, -0.2) is 0 Å². The second-order valence-corrected chi connectivity index (χ2v) is 7.30. The molecule has 2 aliphatic rings. The highest BCUT2D eigenvalue weighted by Gasteiger charge is 2.24. The Morgan fingerprint density at radius 2 is 2.12 bits per heavy atom.